The maximum Gasteiger partial charge on any atom is 0.100 e. The molecule has 0 saturated heterocycles. The molecule has 0 spiro atoms. The summed E-state index contributed by atoms with van der Waals surface area (Å²) >= 11 is 0. The highest BCUT2D eigenvalue weighted by Crippen LogP contribution is 1.83. The van der Waals surface area contributed by atoms with Gasteiger partial charge in [0.25, 0.3) is 0 Å². The van der Waals surface area contributed by atoms with E-state index in [-0.39, 0.29) is 0 Å². The fraction of sp³-hybridized carbons (Fsp3) is 0.857. The minimum atomic E-state index is 0.410. The van der Waals surface area contributed by atoms with Gasteiger partial charge in [-0.25, -0.2) is 5.01 Å². The number of nitrogens with zero attached hydrogens (tertiary/aromatic N) is 2. The van der Waals surface area contributed by atoms with Gasteiger partial charge in [-0.1, -0.05) is 6.92 Å². The molecular formula is C7H15N3. The maximum absolute atomic E-state index is 8.35. The fourth-order valence-corrected chi connectivity index (χ4v) is 0.699. The van der Waals surface area contributed by atoms with Crippen LogP contribution in [0.15, 0.2) is 0 Å². The van der Waals surface area contributed by atoms with E-state index in [1.807, 2.05) is 11.9 Å². The molecule has 3 nitrogen and oxygen atoms in total. The average molecular weight is 141 g/mol. The van der Waals surface area contributed by atoms with Crippen LogP contribution in [0.4, 0.5) is 0 Å². The van der Waals surface area contributed by atoms with Gasteiger partial charge < -0.3 is 0 Å². The van der Waals surface area contributed by atoms with Gasteiger partial charge in [-0.2, -0.15) is 5.26 Å². The van der Waals surface area contributed by atoms with Crippen molar-refractivity contribution in [3.63, 3.8) is 0 Å². The average Bonchev–Trinajstić information content (AvgIpc) is 1.86. The molecule has 3 heteroatoms. The molecular weight excluding hydrogens is 126 g/mol. The highest BCUT2D eigenvalue weighted by atomic mass is 15.5. The molecule has 0 radical (unpaired) electrons. The van der Waals surface area contributed by atoms with Crippen molar-refractivity contribution in [2.45, 2.75) is 26.8 Å². The molecule has 0 rings (SSSR count). The lowest BCUT2D eigenvalue weighted by atomic mass is 10.4. The molecule has 0 aliphatic carbocycles. The van der Waals surface area contributed by atoms with Crippen LogP contribution in [0.2, 0.25) is 0 Å². The summed E-state index contributed by atoms with van der Waals surface area (Å²) in [6, 6.07) is 2.50. The Labute approximate surface area is 62.6 Å². The second-order valence-corrected chi connectivity index (χ2v) is 2.46. The monoisotopic (exact) mass is 141 g/mol. The lowest BCUT2D eigenvalue weighted by Gasteiger charge is -2.20. The number of nitriles is 1. The van der Waals surface area contributed by atoms with Gasteiger partial charge in [0.05, 0.1) is 6.07 Å². The molecule has 0 heterocycles. The second-order valence-electron chi connectivity index (χ2n) is 2.46. The van der Waals surface area contributed by atoms with E-state index in [0.717, 1.165) is 6.54 Å². The van der Waals surface area contributed by atoms with Gasteiger partial charge in [-0.3, -0.25) is 5.43 Å². The topological polar surface area (TPSA) is 39.1 Å². The molecule has 1 N–H and O–H groups in total. The standard InChI is InChI=1S/C7H15N3/c1-4-10(6-5-8)9-7(2)3/h7,9H,4,6H2,1-3H3. The highest BCUT2D eigenvalue weighted by molar-refractivity contribution is 4.73. The first kappa shape index (κ1) is 9.41. The van der Waals surface area contributed by atoms with E-state index < -0.39 is 0 Å². The van der Waals surface area contributed by atoms with Gasteiger partial charge in [0.1, 0.15) is 6.54 Å². The summed E-state index contributed by atoms with van der Waals surface area (Å²) in [6.45, 7) is 7.45. The molecule has 0 atom stereocenters. The third-order valence-electron chi connectivity index (χ3n) is 1.08. The maximum atomic E-state index is 8.35. The SMILES string of the molecule is CCN(CC#N)NC(C)C. The van der Waals surface area contributed by atoms with Crippen LogP contribution in [0.1, 0.15) is 20.8 Å². The third kappa shape index (κ3) is 4.30. The van der Waals surface area contributed by atoms with Crippen molar-refractivity contribution >= 4 is 0 Å². The van der Waals surface area contributed by atoms with E-state index in [9.17, 15) is 0 Å². The Morgan fingerprint density at radius 1 is 1.60 bits per heavy atom. The highest BCUT2D eigenvalue weighted by Gasteiger charge is 2.00. The molecule has 0 bridgehead atoms. The van der Waals surface area contributed by atoms with E-state index >= 15 is 0 Å². The lowest BCUT2D eigenvalue weighted by molar-refractivity contribution is 0.199. The summed E-state index contributed by atoms with van der Waals surface area (Å²) in [6.07, 6.45) is 0. The van der Waals surface area contributed by atoms with E-state index in [1.54, 1.807) is 0 Å². The first-order valence-electron chi connectivity index (χ1n) is 3.58. The predicted molar refractivity (Wildman–Crippen MR) is 41.1 cm³/mol. The van der Waals surface area contributed by atoms with Crippen LogP contribution < -0.4 is 5.43 Å². The van der Waals surface area contributed by atoms with Crippen LogP contribution in [-0.2, 0) is 0 Å². The fourth-order valence-electron chi connectivity index (χ4n) is 0.699. The Kier molecular flexibility index (Phi) is 4.91. The first-order chi connectivity index (χ1) is 4.70. The minimum absolute atomic E-state index is 0.410. The molecule has 0 amide bonds. The summed E-state index contributed by atoms with van der Waals surface area (Å²) in [4.78, 5) is 0. The number of hydrogen-bond donors (Lipinski definition) is 1. The largest absolute Gasteiger partial charge is 0.252 e. The van der Waals surface area contributed by atoms with Crippen molar-refractivity contribution < 1.29 is 0 Å². The predicted octanol–water partition coefficient (Wildman–Crippen LogP) is 0.745. The Balaban J connectivity index is 3.52. The molecule has 0 fully saturated rings. The van der Waals surface area contributed by atoms with Crippen LogP contribution in [-0.4, -0.2) is 24.1 Å². The Morgan fingerprint density at radius 3 is 2.50 bits per heavy atom. The van der Waals surface area contributed by atoms with Gasteiger partial charge in [-0.05, 0) is 13.8 Å². The third-order valence-corrected chi connectivity index (χ3v) is 1.08. The van der Waals surface area contributed by atoms with Crippen LogP contribution in [0.5, 0.6) is 0 Å². The molecule has 0 saturated carbocycles. The van der Waals surface area contributed by atoms with Gasteiger partial charge in [0.2, 0.25) is 0 Å². The lowest BCUT2D eigenvalue weighted by Crippen LogP contribution is -2.42. The molecule has 0 unspecified atom stereocenters. The van der Waals surface area contributed by atoms with E-state index in [0.29, 0.717) is 12.6 Å². The van der Waals surface area contributed by atoms with Crippen molar-refractivity contribution in [3.05, 3.63) is 0 Å². The van der Waals surface area contributed by atoms with Crippen molar-refractivity contribution in [3.8, 4) is 6.07 Å². The summed E-state index contributed by atoms with van der Waals surface area (Å²) in [5.74, 6) is 0. The number of hydrazine groups is 1. The summed E-state index contributed by atoms with van der Waals surface area (Å²) in [7, 11) is 0. The molecule has 58 valence electrons. The van der Waals surface area contributed by atoms with Crippen molar-refractivity contribution in [2.24, 2.45) is 0 Å². The van der Waals surface area contributed by atoms with Crippen LogP contribution in [0.3, 0.4) is 0 Å². The summed E-state index contributed by atoms with van der Waals surface area (Å²) in [5.41, 5.74) is 3.14. The van der Waals surface area contributed by atoms with Gasteiger partial charge in [0, 0.05) is 12.6 Å². The normalized spacial score (nSPS) is 10.4. The molecule has 0 aromatic rings. The summed E-state index contributed by atoms with van der Waals surface area (Å²) in [5, 5.41) is 10.2. The molecule has 10 heavy (non-hydrogen) atoms. The quantitative estimate of drug-likeness (QED) is 0.463. The van der Waals surface area contributed by atoms with E-state index in [4.69, 9.17) is 5.26 Å². The minimum Gasteiger partial charge on any atom is -0.252 e. The zero-order chi connectivity index (χ0) is 7.98. The number of rotatable bonds is 4. The van der Waals surface area contributed by atoms with Gasteiger partial charge in [0.15, 0.2) is 0 Å². The van der Waals surface area contributed by atoms with Crippen molar-refractivity contribution in [1.82, 2.24) is 10.4 Å². The van der Waals surface area contributed by atoms with E-state index in [1.165, 1.54) is 0 Å². The van der Waals surface area contributed by atoms with Gasteiger partial charge >= 0.3 is 0 Å². The number of nitrogens with one attached hydrogen (secondary N) is 1. The molecule has 0 aliphatic rings. The van der Waals surface area contributed by atoms with Crippen molar-refractivity contribution in [2.75, 3.05) is 13.1 Å². The van der Waals surface area contributed by atoms with Crippen LogP contribution in [0, 0.1) is 11.3 Å². The molecule has 0 aliphatic heterocycles. The van der Waals surface area contributed by atoms with Gasteiger partial charge in [-0.15, -0.1) is 0 Å². The summed E-state index contributed by atoms with van der Waals surface area (Å²) < 4.78 is 0. The zero-order valence-corrected chi connectivity index (χ0v) is 6.89. The van der Waals surface area contributed by atoms with E-state index in [2.05, 4.69) is 25.3 Å². The Hall–Kier alpha value is -0.590. The first-order valence-corrected chi connectivity index (χ1v) is 3.58. The molecule has 0 aromatic carbocycles. The Morgan fingerprint density at radius 2 is 2.20 bits per heavy atom. The molecule has 0 aromatic heterocycles. The van der Waals surface area contributed by atoms with Crippen molar-refractivity contribution in [1.29, 1.82) is 5.26 Å². The Bertz CT molecular complexity index is 115. The number of hydrogen-bond acceptors (Lipinski definition) is 3. The van der Waals surface area contributed by atoms with Crippen LogP contribution in [0.25, 0.3) is 0 Å². The smallest absolute Gasteiger partial charge is 0.100 e. The van der Waals surface area contributed by atoms with Crippen LogP contribution >= 0.6 is 0 Å². The second kappa shape index (κ2) is 5.21. The zero-order valence-electron chi connectivity index (χ0n) is 6.89.